The third-order valence-corrected chi connectivity index (χ3v) is 4.45. The van der Waals surface area contributed by atoms with Gasteiger partial charge in [-0.3, -0.25) is 4.79 Å². The van der Waals surface area contributed by atoms with Gasteiger partial charge < -0.3 is 19.5 Å². The first-order valence-electron chi connectivity index (χ1n) is 8.26. The summed E-state index contributed by atoms with van der Waals surface area (Å²) < 4.78 is 39.4. The molecule has 27 heavy (non-hydrogen) atoms. The van der Waals surface area contributed by atoms with Crippen LogP contribution < -0.4 is 19.5 Å². The summed E-state index contributed by atoms with van der Waals surface area (Å²) >= 11 is 1.41. The number of thioether (sulfide) groups is 1. The second-order valence-electron chi connectivity index (χ2n) is 5.33. The zero-order chi connectivity index (χ0) is 19.6. The van der Waals surface area contributed by atoms with Crippen molar-refractivity contribution in [1.82, 2.24) is 5.32 Å². The molecule has 146 valence electrons. The topological polar surface area (TPSA) is 56.8 Å². The van der Waals surface area contributed by atoms with E-state index in [4.69, 9.17) is 9.47 Å². The standard InChI is InChI=1S/C19H21F2NO4S/c1-3-25-14-5-7-15(8-6-14)27-12-18(23)22-11-13-4-9-16(26-19(20)21)17(10-13)24-2/h4-10,19H,3,11-12H2,1-2H3,(H,22,23). The first-order valence-corrected chi connectivity index (χ1v) is 9.24. The maximum absolute atomic E-state index is 12.3. The number of alkyl halides is 2. The number of nitrogens with one attached hydrogen (secondary N) is 1. The van der Waals surface area contributed by atoms with Crippen molar-refractivity contribution in [3.05, 3.63) is 48.0 Å². The molecule has 2 aromatic carbocycles. The summed E-state index contributed by atoms with van der Waals surface area (Å²) in [7, 11) is 1.36. The van der Waals surface area contributed by atoms with Gasteiger partial charge in [0, 0.05) is 11.4 Å². The van der Waals surface area contributed by atoms with Crippen molar-refractivity contribution in [2.45, 2.75) is 25.0 Å². The van der Waals surface area contributed by atoms with Crippen LogP contribution in [0.5, 0.6) is 17.2 Å². The molecule has 1 amide bonds. The number of benzene rings is 2. The Morgan fingerprint density at radius 3 is 2.52 bits per heavy atom. The molecule has 0 spiro atoms. The quantitative estimate of drug-likeness (QED) is 0.612. The van der Waals surface area contributed by atoms with Gasteiger partial charge in [-0.1, -0.05) is 6.07 Å². The van der Waals surface area contributed by atoms with Crippen molar-refractivity contribution >= 4 is 17.7 Å². The molecule has 8 heteroatoms. The third-order valence-electron chi connectivity index (χ3n) is 3.44. The second kappa shape index (κ2) is 10.6. The number of halogens is 2. The van der Waals surface area contributed by atoms with Crippen LogP contribution in [0.15, 0.2) is 47.4 Å². The normalized spacial score (nSPS) is 10.6. The SMILES string of the molecule is CCOc1ccc(SCC(=O)NCc2ccc(OC(F)F)c(OC)c2)cc1. The van der Waals surface area contributed by atoms with Crippen LogP contribution in [0.4, 0.5) is 8.78 Å². The van der Waals surface area contributed by atoms with Crippen molar-refractivity contribution in [2.24, 2.45) is 0 Å². The Labute approximate surface area is 161 Å². The van der Waals surface area contributed by atoms with E-state index in [1.165, 1.54) is 24.9 Å². The van der Waals surface area contributed by atoms with E-state index in [1.54, 1.807) is 12.1 Å². The molecule has 0 unspecified atom stereocenters. The van der Waals surface area contributed by atoms with Gasteiger partial charge in [-0.25, -0.2) is 0 Å². The maximum atomic E-state index is 12.3. The lowest BCUT2D eigenvalue weighted by Crippen LogP contribution is -2.24. The summed E-state index contributed by atoms with van der Waals surface area (Å²) in [5.74, 6) is 1.05. The molecule has 0 radical (unpaired) electrons. The molecular formula is C19H21F2NO4S. The Hall–Kier alpha value is -2.48. The molecule has 5 nitrogen and oxygen atoms in total. The summed E-state index contributed by atoms with van der Waals surface area (Å²) in [6.07, 6.45) is 0. The molecule has 2 aromatic rings. The van der Waals surface area contributed by atoms with E-state index in [9.17, 15) is 13.6 Å². The minimum absolute atomic E-state index is 0.0476. The lowest BCUT2D eigenvalue weighted by molar-refractivity contribution is -0.118. The monoisotopic (exact) mass is 397 g/mol. The second-order valence-corrected chi connectivity index (χ2v) is 6.38. The van der Waals surface area contributed by atoms with Crippen molar-refractivity contribution in [2.75, 3.05) is 19.5 Å². The Morgan fingerprint density at radius 1 is 1.15 bits per heavy atom. The zero-order valence-electron chi connectivity index (χ0n) is 15.0. The first kappa shape index (κ1) is 20.8. The van der Waals surface area contributed by atoms with Gasteiger partial charge in [0.1, 0.15) is 5.75 Å². The highest BCUT2D eigenvalue weighted by molar-refractivity contribution is 8.00. The predicted molar refractivity (Wildman–Crippen MR) is 99.8 cm³/mol. The van der Waals surface area contributed by atoms with E-state index in [0.29, 0.717) is 12.2 Å². The highest BCUT2D eigenvalue weighted by Crippen LogP contribution is 2.29. The minimum Gasteiger partial charge on any atom is -0.494 e. The predicted octanol–water partition coefficient (Wildman–Crippen LogP) is 4.10. The number of hydrogen-bond donors (Lipinski definition) is 1. The molecule has 0 aliphatic carbocycles. The van der Waals surface area contributed by atoms with Gasteiger partial charge in [-0.2, -0.15) is 8.78 Å². The van der Waals surface area contributed by atoms with E-state index < -0.39 is 6.61 Å². The lowest BCUT2D eigenvalue weighted by atomic mass is 10.2. The van der Waals surface area contributed by atoms with Crippen molar-refractivity contribution in [3.63, 3.8) is 0 Å². The van der Waals surface area contributed by atoms with Gasteiger partial charge in [0.2, 0.25) is 5.91 Å². The summed E-state index contributed by atoms with van der Waals surface area (Å²) in [5, 5.41) is 2.78. The van der Waals surface area contributed by atoms with Gasteiger partial charge >= 0.3 is 6.61 Å². The van der Waals surface area contributed by atoms with Crippen LogP contribution in [-0.2, 0) is 11.3 Å². The number of rotatable bonds is 10. The van der Waals surface area contributed by atoms with Crippen LogP contribution in [-0.4, -0.2) is 32.0 Å². The fraction of sp³-hybridized carbons (Fsp3) is 0.316. The molecule has 0 heterocycles. The molecule has 1 N–H and O–H groups in total. The van der Waals surface area contributed by atoms with Crippen molar-refractivity contribution in [3.8, 4) is 17.2 Å². The fourth-order valence-electron chi connectivity index (χ4n) is 2.21. The number of carbonyl (C=O) groups is 1. The fourth-order valence-corrected chi connectivity index (χ4v) is 2.94. The molecule has 0 saturated heterocycles. The Balaban J connectivity index is 1.82. The zero-order valence-corrected chi connectivity index (χ0v) is 15.9. The largest absolute Gasteiger partial charge is 0.494 e. The molecular weight excluding hydrogens is 376 g/mol. The molecule has 0 fully saturated rings. The number of ether oxygens (including phenoxy) is 3. The summed E-state index contributed by atoms with van der Waals surface area (Å²) in [5.41, 5.74) is 0.716. The van der Waals surface area contributed by atoms with Crippen LogP contribution in [0.3, 0.4) is 0 Å². The molecule has 0 atom stereocenters. The molecule has 0 aliphatic heterocycles. The average Bonchev–Trinajstić information content (AvgIpc) is 2.66. The van der Waals surface area contributed by atoms with Crippen molar-refractivity contribution in [1.29, 1.82) is 0 Å². The number of carbonyl (C=O) groups excluding carboxylic acids is 1. The van der Waals surface area contributed by atoms with E-state index in [2.05, 4.69) is 10.1 Å². The summed E-state index contributed by atoms with van der Waals surface area (Å²) in [6, 6.07) is 12.1. The van der Waals surface area contributed by atoms with Crippen LogP contribution in [0.1, 0.15) is 12.5 Å². The van der Waals surface area contributed by atoms with Gasteiger partial charge in [0.25, 0.3) is 0 Å². The Bertz CT molecular complexity index is 741. The molecule has 0 aromatic heterocycles. The van der Waals surface area contributed by atoms with Gasteiger partial charge in [0.15, 0.2) is 11.5 Å². The lowest BCUT2D eigenvalue weighted by Gasteiger charge is -2.12. The molecule has 0 bridgehead atoms. The highest BCUT2D eigenvalue weighted by Gasteiger charge is 2.11. The van der Waals surface area contributed by atoms with Gasteiger partial charge in [-0.15, -0.1) is 11.8 Å². The Morgan fingerprint density at radius 2 is 1.89 bits per heavy atom. The smallest absolute Gasteiger partial charge is 0.387 e. The Kier molecular flexibility index (Phi) is 8.19. The van der Waals surface area contributed by atoms with E-state index in [0.717, 1.165) is 10.6 Å². The van der Waals surface area contributed by atoms with Gasteiger partial charge in [-0.05, 0) is 48.9 Å². The number of methoxy groups -OCH3 is 1. The molecule has 0 aliphatic rings. The molecule has 2 rings (SSSR count). The first-order chi connectivity index (χ1) is 13.0. The van der Waals surface area contributed by atoms with Crippen LogP contribution in [0.25, 0.3) is 0 Å². The van der Waals surface area contributed by atoms with E-state index in [-0.39, 0.29) is 29.7 Å². The van der Waals surface area contributed by atoms with E-state index >= 15 is 0 Å². The molecule has 0 saturated carbocycles. The van der Waals surface area contributed by atoms with Crippen LogP contribution >= 0.6 is 11.8 Å². The van der Waals surface area contributed by atoms with Crippen LogP contribution in [0.2, 0.25) is 0 Å². The summed E-state index contributed by atoms with van der Waals surface area (Å²) in [4.78, 5) is 13.0. The number of hydrogen-bond acceptors (Lipinski definition) is 5. The van der Waals surface area contributed by atoms with Gasteiger partial charge in [0.05, 0.1) is 19.5 Å². The van der Waals surface area contributed by atoms with Crippen LogP contribution in [0, 0.1) is 0 Å². The van der Waals surface area contributed by atoms with E-state index in [1.807, 2.05) is 31.2 Å². The number of amides is 1. The minimum atomic E-state index is -2.93. The summed E-state index contributed by atoms with van der Waals surface area (Å²) in [6.45, 7) is -0.144. The highest BCUT2D eigenvalue weighted by atomic mass is 32.2. The average molecular weight is 397 g/mol. The van der Waals surface area contributed by atoms with Crippen molar-refractivity contribution < 1.29 is 27.8 Å². The third kappa shape index (κ3) is 6.97. The maximum Gasteiger partial charge on any atom is 0.387 e.